The van der Waals surface area contributed by atoms with Crippen LogP contribution in [-0.4, -0.2) is 71.7 Å². The number of anilines is 1. The number of hydrogen-bond acceptors (Lipinski definition) is 6. The number of ether oxygens (including phenoxy) is 1. The van der Waals surface area contributed by atoms with Gasteiger partial charge in [-0.25, -0.2) is 9.37 Å². The van der Waals surface area contributed by atoms with Crippen molar-refractivity contribution in [3.8, 4) is 5.75 Å². The molecule has 0 unspecified atom stereocenters. The molecule has 8 heteroatoms. The third kappa shape index (κ3) is 7.28. The third-order valence-electron chi connectivity index (χ3n) is 8.48. The molecule has 0 radical (unpaired) electrons. The van der Waals surface area contributed by atoms with Crippen molar-refractivity contribution in [3.63, 3.8) is 0 Å². The van der Waals surface area contributed by atoms with Gasteiger partial charge in [0.2, 0.25) is 0 Å². The number of carboxylic acid groups (broad SMARTS) is 1. The highest BCUT2D eigenvalue weighted by atomic mass is 19.1. The first-order valence-electron chi connectivity index (χ1n) is 14.5. The fourth-order valence-corrected chi connectivity index (χ4v) is 6.11. The van der Waals surface area contributed by atoms with Gasteiger partial charge in [-0.15, -0.1) is 0 Å². The molecule has 1 saturated heterocycles. The Labute approximate surface area is 232 Å². The van der Waals surface area contributed by atoms with Gasteiger partial charge in [-0.2, -0.15) is 0 Å². The number of benzene rings is 1. The van der Waals surface area contributed by atoms with E-state index in [9.17, 15) is 14.3 Å². The quantitative estimate of drug-likeness (QED) is 0.308. The monoisotopic (exact) mass is 540 g/mol. The summed E-state index contributed by atoms with van der Waals surface area (Å²) in [5.74, 6) is -0.291. The van der Waals surface area contributed by atoms with Crippen LogP contribution < -0.4 is 10.1 Å². The SMILES string of the molecule is COc1c(F)cc(C(C)C)cc1[C@H](C(=O)O)N1CC[C@@H](N(C)CCCCCC[C@@H]2CCc3cccnc3N2)C1. The van der Waals surface area contributed by atoms with Crippen LogP contribution in [0.5, 0.6) is 5.75 Å². The van der Waals surface area contributed by atoms with Crippen molar-refractivity contribution in [3.05, 3.63) is 53.0 Å². The first-order valence-corrected chi connectivity index (χ1v) is 14.5. The van der Waals surface area contributed by atoms with Gasteiger partial charge in [0, 0.05) is 36.9 Å². The largest absolute Gasteiger partial charge is 0.493 e. The molecule has 0 aliphatic carbocycles. The van der Waals surface area contributed by atoms with Crippen molar-refractivity contribution < 1.29 is 19.0 Å². The molecule has 1 aromatic carbocycles. The van der Waals surface area contributed by atoms with E-state index < -0.39 is 17.8 Å². The minimum Gasteiger partial charge on any atom is -0.493 e. The number of carboxylic acids is 1. The number of pyridine rings is 1. The molecule has 0 saturated carbocycles. The van der Waals surface area contributed by atoms with Gasteiger partial charge in [0.05, 0.1) is 7.11 Å². The number of nitrogens with zero attached hydrogens (tertiary/aromatic N) is 3. The fourth-order valence-electron chi connectivity index (χ4n) is 6.11. The number of aliphatic carboxylic acids is 1. The lowest BCUT2D eigenvalue weighted by Gasteiger charge is -2.29. The summed E-state index contributed by atoms with van der Waals surface area (Å²) in [6.45, 7) is 6.26. The van der Waals surface area contributed by atoms with E-state index >= 15 is 0 Å². The number of aromatic nitrogens is 1. The standard InChI is InChI=1S/C31H45FN4O3/c1-21(2)23-18-26(29(39-4)27(32)19-23)28(31(37)38)36-17-14-25(20-36)35(3)16-8-6-5-7-11-24-13-12-22-10-9-15-33-30(22)34-24/h9-10,15,18-19,21,24-25,28H,5-8,11-14,16-17,20H2,1-4H3,(H,33,34)(H,37,38)/t24-,25-,28-/m1/s1. The van der Waals surface area contributed by atoms with E-state index in [1.807, 2.05) is 31.0 Å². The highest BCUT2D eigenvalue weighted by molar-refractivity contribution is 5.77. The molecule has 214 valence electrons. The number of fused-ring (bicyclic) bond motifs is 1. The van der Waals surface area contributed by atoms with Gasteiger partial charge < -0.3 is 20.1 Å². The number of halogens is 1. The minimum atomic E-state index is -0.969. The summed E-state index contributed by atoms with van der Waals surface area (Å²) < 4.78 is 20.2. The zero-order valence-corrected chi connectivity index (χ0v) is 24.0. The Balaban J connectivity index is 1.23. The number of methoxy groups -OCH3 is 1. The molecule has 0 bridgehead atoms. The van der Waals surface area contributed by atoms with Gasteiger partial charge in [-0.3, -0.25) is 9.69 Å². The lowest BCUT2D eigenvalue weighted by molar-refractivity contribution is -0.143. The maximum atomic E-state index is 14.8. The van der Waals surface area contributed by atoms with E-state index in [0.29, 0.717) is 24.7 Å². The number of likely N-dealkylation sites (tertiary alicyclic amines) is 1. The number of aryl methyl sites for hydroxylation is 1. The number of rotatable bonds is 13. The molecular weight excluding hydrogens is 495 g/mol. The number of hydrogen-bond donors (Lipinski definition) is 2. The summed E-state index contributed by atoms with van der Waals surface area (Å²) in [6, 6.07) is 7.31. The smallest absolute Gasteiger partial charge is 0.325 e. The summed E-state index contributed by atoms with van der Waals surface area (Å²) >= 11 is 0. The summed E-state index contributed by atoms with van der Waals surface area (Å²) in [6.07, 6.45) is 11.0. The molecule has 7 nitrogen and oxygen atoms in total. The molecule has 2 aliphatic heterocycles. The van der Waals surface area contributed by atoms with E-state index in [2.05, 4.69) is 28.3 Å². The van der Waals surface area contributed by atoms with Crippen molar-refractivity contribution in [2.75, 3.05) is 39.1 Å². The Bertz CT molecular complexity index is 1110. The number of nitrogens with one attached hydrogen (secondary N) is 1. The Morgan fingerprint density at radius 2 is 2.05 bits per heavy atom. The summed E-state index contributed by atoms with van der Waals surface area (Å²) in [7, 11) is 3.54. The summed E-state index contributed by atoms with van der Waals surface area (Å²) in [4.78, 5) is 21.2. The van der Waals surface area contributed by atoms with Crippen LogP contribution in [0.2, 0.25) is 0 Å². The topological polar surface area (TPSA) is 77.9 Å². The molecule has 0 amide bonds. The second kappa shape index (κ2) is 13.6. The third-order valence-corrected chi connectivity index (χ3v) is 8.48. The van der Waals surface area contributed by atoms with Crippen LogP contribution in [0.4, 0.5) is 10.2 Å². The van der Waals surface area contributed by atoms with Crippen molar-refractivity contribution >= 4 is 11.8 Å². The zero-order chi connectivity index (χ0) is 27.9. The summed E-state index contributed by atoms with van der Waals surface area (Å²) in [5.41, 5.74) is 2.51. The van der Waals surface area contributed by atoms with Crippen LogP contribution in [0.1, 0.15) is 87.4 Å². The second-order valence-corrected chi connectivity index (χ2v) is 11.5. The van der Waals surface area contributed by atoms with Gasteiger partial charge in [0.25, 0.3) is 0 Å². The predicted octanol–water partition coefficient (Wildman–Crippen LogP) is 5.86. The van der Waals surface area contributed by atoms with Crippen LogP contribution in [0.25, 0.3) is 0 Å². The van der Waals surface area contributed by atoms with E-state index in [4.69, 9.17) is 4.74 Å². The molecule has 0 spiro atoms. The molecule has 3 heterocycles. The van der Waals surface area contributed by atoms with Crippen molar-refractivity contribution in [1.29, 1.82) is 0 Å². The van der Waals surface area contributed by atoms with E-state index in [0.717, 1.165) is 37.2 Å². The van der Waals surface area contributed by atoms with Crippen molar-refractivity contribution in [1.82, 2.24) is 14.8 Å². The van der Waals surface area contributed by atoms with Crippen LogP contribution >= 0.6 is 0 Å². The van der Waals surface area contributed by atoms with E-state index in [-0.39, 0.29) is 17.7 Å². The Kier molecular flexibility index (Phi) is 10.2. The lowest BCUT2D eigenvalue weighted by Crippen LogP contribution is -2.38. The van der Waals surface area contributed by atoms with Crippen molar-refractivity contribution in [2.45, 2.75) is 89.3 Å². The predicted molar refractivity (Wildman–Crippen MR) is 153 cm³/mol. The Morgan fingerprint density at radius 1 is 1.26 bits per heavy atom. The number of carbonyl (C=O) groups is 1. The lowest BCUT2D eigenvalue weighted by atomic mass is 9.95. The average Bonchev–Trinajstić information content (AvgIpc) is 3.40. The van der Waals surface area contributed by atoms with Crippen molar-refractivity contribution in [2.24, 2.45) is 0 Å². The fraction of sp³-hybridized carbons (Fsp3) is 0.613. The molecule has 3 atom stereocenters. The van der Waals surface area contributed by atoms with Crippen LogP contribution in [0.3, 0.4) is 0 Å². The zero-order valence-electron chi connectivity index (χ0n) is 24.0. The Hall–Kier alpha value is -2.71. The Morgan fingerprint density at radius 3 is 2.79 bits per heavy atom. The van der Waals surface area contributed by atoms with Gasteiger partial charge >= 0.3 is 5.97 Å². The van der Waals surface area contributed by atoms with Gasteiger partial charge in [-0.05, 0) is 80.9 Å². The van der Waals surface area contributed by atoms with Crippen LogP contribution in [0, 0.1) is 5.82 Å². The minimum absolute atomic E-state index is 0.0347. The van der Waals surface area contributed by atoms with Crippen LogP contribution in [0.15, 0.2) is 30.5 Å². The average molecular weight is 541 g/mol. The van der Waals surface area contributed by atoms with Gasteiger partial charge in [-0.1, -0.05) is 39.2 Å². The highest BCUT2D eigenvalue weighted by Gasteiger charge is 2.37. The number of unbranched alkanes of at least 4 members (excludes halogenated alkanes) is 3. The molecule has 2 aliphatic rings. The maximum Gasteiger partial charge on any atom is 0.325 e. The maximum absolute atomic E-state index is 14.8. The molecule has 1 fully saturated rings. The normalized spacial score (nSPS) is 20.2. The molecule has 39 heavy (non-hydrogen) atoms. The second-order valence-electron chi connectivity index (χ2n) is 11.5. The van der Waals surface area contributed by atoms with Gasteiger partial charge in [0.15, 0.2) is 11.6 Å². The molecule has 2 N–H and O–H groups in total. The number of likely N-dealkylation sites (N-methyl/N-ethyl adjacent to an activating group) is 1. The molecule has 2 aromatic rings. The first-order chi connectivity index (χ1) is 18.8. The molecule has 4 rings (SSSR count). The first kappa shape index (κ1) is 29.3. The van der Waals surface area contributed by atoms with E-state index in [1.165, 1.54) is 50.8 Å². The highest BCUT2D eigenvalue weighted by Crippen LogP contribution is 2.37. The van der Waals surface area contributed by atoms with E-state index in [1.54, 1.807) is 6.07 Å². The van der Waals surface area contributed by atoms with Gasteiger partial charge in [0.1, 0.15) is 11.9 Å². The summed E-state index contributed by atoms with van der Waals surface area (Å²) in [5, 5.41) is 13.8. The van der Waals surface area contributed by atoms with Crippen LogP contribution in [-0.2, 0) is 11.2 Å². The molecule has 1 aromatic heterocycles. The molecular formula is C31H45FN4O3.